The summed E-state index contributed by atoms with van der Waals surface area (Å²) < 4.78 is 4.55. The van der Waals surface area contributed by atoms with E-state index in [4.69, 9.17) is 0 Å². The Morgan fingerprint density at radius 2 is 2.12 bits per heavy atom. The van der Waals surface area contributed by atoms with Crippen molar-refractivity contribution in [3.05, 3.63) is 30.6 Å². The first-order chi connectivity index (χ1) is 7.53. The molecule has 2 aromatic heterocycles. The van der Waals surface area contributed by atoms with Gasteiger partial charge in [-0.3, -0.25) is 9.78 Å². The topological polar surface area (TPSA) is 55.0 Å². The molecule has 0 aliphatic rings. The van der Waals surface area contributed by atoms with Gasteiger partial charge in [-0.2, -0.15) is 0 Å². The molecular weight excluding hydrogens is 204 g/mol. The van der Waals surface area contributed by atoms with Crippen LogP contribution in [0.3, 0.4) is 0 Å². The second-order valence-electron chi connectivity index (χ2n) is 4.24. The summed E-state index contributed by atoms with van der Waals surface area (Å²) in [6.07, 6.45) is 3.67. The average Bonchev–Trinajstić information content (AvgIpc) is 2.64. The molecule has 86 valence electrons. The quantitative estimate of drug-likeness (QED) is 0.751. The van der Waals surface area contributed by atoms with Gasteiger partial charge in [0.15, 0.2) is 0 Å². The molecule has 16 heavy (non-hydrogen) atoms. The van der Waals surface area contributed by atoms with Gasteiger partial charge in [-0.1, -0.05) is 0 Å². The first-order valence-corrected chi connectivity index (χ1v) is 5.02. The van der Waals surface area contributed by atoms with Crippen LogP contribution in [-0.2, 0) is 9.53 Å². The molecule has 0 unspecified atom stereocenters. The maximum absolute atomic E-state index is 9.60. The molecule has 2 heterocycles. The molecule has 0 amide bonds. The van der Waals surface area contributed by atoms with Gasteiger partial charge in [0.2, 0.25) is 0 Å². The minimum absolute atomic E-state index is 0.318. The Morgan fingerprint density at radius 1 is 1.38 bits per heavy atom. The van der Waals surface area contributed by atoms with Crippen LogP contribution in [0.25, 0.3) is 11.0 Å². The van der Waals surface area contributed by atoms with E-state index in [9.17, 15) is 4.79 Å². The van der Waals surface area contributed by atoms with Crippen LogP contribution in [0.15, 0.2) is 30.6 Å². The number of ether oxygens (including phenoxy) is 1. The lowest BCUT2D eigenvalue weighted by molar-refractivity contribution is -0.138. The predicted molar refractivity (Wildman–Crippen MR) is 63.0 cm³/mol. The Kier molecular flexibility index (Phi) is 4.05. The molecule has 0 aromatic carbocycles. The van der Waals surface area contributed by atoms with Crippen LogP contribution in [0.4, 0.5) is 0 Å². The number of H-pyrrole nitrogens is 1. The van der Waals surface area contributed by atoms with E-state index in [0.29, 0.717) is 6.47 Å². The van der Waals surface area contributed by atoms with E-state index in [2.05, 4.69) is 14.7 Å². The molecule has 4 nitrogen and oxygen atoms in total. The number of pyridine rings is 1. The zero-order chi connectivity index (χ0) is 12.0. The number of rotatable bonds is 1. The molecule has 1 N–H and O–H groups in total. The largest absolute Gasteiger partial charge is 0.462 e. The molecule has 0 aliphatic heterocycles. The van der Waals surface area contributed by atoms with Crippen molar-refractivity contribution in [2.45, 2.75) is 26.4 Å². The summed E-state index contributed by atoms with van der Waals surface area (Å²) in [6.45, 7) is 5.92. The van der Waals surface area contributed by atoms with E-state index in [1.807, 2.05) is 45.2 Å². The molecule has 0 spiro atoms. The number of hydrogen-bond acceptors (Lipinski definition) is 3. The normalized spacial score (nSPS) is 10.4. The fraction of sp³-hybridized carbons (Fsp3) is 0.333. The van der Waals surface area contributed by atoms with Crippen LogP contribution >= 0.6 is 0 Å². The van der Waals surface area contributed by atoms with Crippen molar-refractivity contribution in [3.63, 3.8) is 0 Å². The lowest BCUT2D eigenvalue weighted by atomic mass is 10.2. The van der Waals surface area contributed by atoms with Crippen LogP contribution in [0, 0.1) is 0 Å². The number of hydrogen-bond donors (Lipinski definition) is 1. The molecule has 0 bridgehead atoms. The Labute approximate surface area is 94.6 Å². The minimum atomic E-state index is -0.318. The number of carbonyl (C=O) groups excluding carboxylic acids is 1. The summed E-state index contributed by atoms with van der Waals surface area (Å²) in [6, 6.07) is 5.87. The smallest absolute Gasteiger partial charge is 0.293 e. The molecular formula is C12H16N2O2. The predicted octanol–water partition coefficient (Wildman–Crippen LogP) is 2.52. The SMILES string of the molecule is CC(C)(C)OC=O.c1cnc2cc[nH]c2c1. The number of nitrogens with one attached hydrogen (secondary N) is 1. The van der Waals surface area contributed by atoms with Crippen molar-refractivity contribution >= 4 is 17.5 Å². The Bertz CT molecular complexity index is 413. The average molecular weight is 220 g/mol. The van der Waals surface area contributed by atoms with Crippen molar-refractivity contribution < 1.29 is 9.53 Å². The van der Waals surface area contributed by atoms with Gasteiger partial charge in [-0.05, 0) is 39.0 Å². The van der Waals surface area contributed by atoms with Crippen LogP contribution in [0.2, 0.25) is 0 Å². The fourth-order valence-electron chi connectivity index (χ4n) is 1.03. The lowest BCUT2D eigenvalue weighted by Gasteiger charge is -2.14. The van der Waals surface area contributed by atoms with E-state index >= 15 is 0 Å². The van der Waals surface area contributed by atoms with Gasteiger partial charge in [-0.15, -0.1) is 0 Å². The summed E-state index contributed by atoms with van der Waals surface area (Å²) in [4.78, 5) is 16.8. The second kappa shape index (κ2) is 5.30. The number of aromatic nitrogens is 2. The van der Waals surface area contributed by atoms with E-state index in [1.165, 1.54) is 0 Å². The van der Waals surface area contributed by atoms with Crippen molar-refractivity contribution in [2.75, 3.05) is 0 Å². The second-order valence-corrected chi connectivity index (χ2v) is 4.24. The minimum Gasteiger partial charge on any atom is -0.462 e. The van der Waals surface area contributed by atoms with Crippen LogP contribution < -0.4 is 0 Å². The van der Waals surface area contributed by atoms with Crippen molar-refractivity contribution in [3.8, 4) is 0 Å². The highest BCUT2D eigenvalue weighted by molar-refractivity contribution is 5.73. The summed E-state index contributed by atoms with van der Waals surface area (Å²) in [5.74, 6) is 0. The fourth-order valence-corrected chi connectivity index (χ4v) is 1.03. The first kappa shape index (κ1) is 12.2. The standard InChI is InChI=1S/C7H6N2.C5H10O2/c1-2-6-7(8-4-1)3-5-9-6;1-5(2,3)7-4-6/h1-5,9H;4H,1-3H3. The Balaban J connectivity index is 0.000000168. The van der Waals surface area contributed by atoms with E-state index in [-0.39, 0.29) is 5.60 Å². The molecule has 0 radical (unpaired) electrons. The molecule has 0 atom stereocenters. The van der Waals surface area contributed by atoms with Gasteiger partial charge in [0.25, 0.3) is 6.47 Å². The molecule has 2 rings (SSSR count). The van der Waals surface area contributed by atoms with Gasteiger partial charge in [0.1, 0.15) is 5.60 Å². The summed E-state index contributed by atoms with van der Waals surface area (Å²) in [7, 11) is 0. The number of nitrogens with zero attached hydrogens (tertiary/aromatic N) is 1. The zero-order valence-corrected chi connectivity index (χ0v) is 9.73. The van der Waals surface area contributed by atoms with Gasteiger partial charge < -0.3 is 9.72 Å². The van der Waals surface area contributed by atoms with Crippen molar-refractivity contribution in [1.29, 1.82) is 0 Å². The maximum atomic E-state index is 9.60. The van der Waals surface area contributed by atoms with E-state index < -0.39 is 0 Å². The lowest BCUT2D eigenvalue weighted by Crippen LogP contribution is -2.17. The third kappa shape index (κ3) is 4.13. The summed E-state index contributed by atoms with van der Waals surface area (Å²) in [5, 5.41) is 0. The highest BCUT2D eigenvalue weighted by Crippen LogP contribution is 2.05. The van der Waals surface area contributed by atoms with Gasteiger partial charge in [0, 0.05) is 12.4 Å². The van der Waals surface area contributed by atoms with Gasteiger partial charge in [0.05, 0.1) is 11.0 Å². The molecule has 0 fully saturated rings. The first-order valence-electron chi connectivity index (χ1n) is 5.02. The Morgan fingerprint density at radius 3 is 2.62 bits per heavy atom. The highest BCUT2D eigenvalue weighted by atomic mass is 16.5. The van der Waals surface area contributed by atoms with Crippen molar-refractivity contribution in [2.24, 2.45) is 0 Å². The van der Waals surface area contributed by atoms with Crippen LogP contribution in [-0.4, -0.2) is 22.0 Å². The highest BCUT2D eigenvalue weighted by Gasteiger charge is 2.07. The Hall–Kier alpha value is -1.84. The number of carbonyl (C=O) groups is 1. The van der Waals surface area contributed by atoms with Crippen LogP contribution in [0.5, 0.6) is 0 Å². The monoisotopic (exact) mass is 220 g/mol. The number of fused-ring (bicyclic) bond motifs is 1. The number of aromatic amines is 1. The summed E-state index contributed by atoms with van der Waals surface area (Å²) in [5.41, 5.74) is 1.80. The molecule has 2 aromatic rings. The van der Waals surface area contributed by atoms with Crippen LogP contribution in [0.1, 0.15) is 20.8 Å². The summed E-state index contributed by atoms with van der Waals surface area (Å²) >= 11 is 0. The van der Waals surface area contributed by atoms with Gasteiger partial charge >= 0.3 is 0 Å². The van der Waals surface area contributed by atoms with E-state index in [1.54, 1.807) is 6.20 Å². The van der Waals surface area contributed by atoms with E-state index in [0.717, 1.165) is 11.0 Å². The van der Waals surface area contributed by atoms with Crippen molar-refractivity contribution in [1.82, 2.24) is 9.97 Å². The zero-order valence-electron chi connectivity index (χ0n) is 9.73. The molecule has 0 aliphatic carbocycles. The third-order valence-corrected chi connectivity index (χ3v) is 1.72. The maximum Gasteiger partial charge on any atom is 0.293 e. The third-order valence-electron chi connectivity index (χ3n) is 1.72. The molecule has 4 heteroatoms. The molecule has 0 saturated heterocycles. The van der Waals surface area contributed by atoms with Gasteiger partial charge in [-0.25, -0.2) is 0 Å². The molecule has 0 saturated carbocycles.